The Morgan fingerprint density at radius 2 is 1.96 bits per heavy atom. The number of carbonyl (C=O) groups is 1. The monoisotopic (exact) mass is 386 g/mol. The summed E-state index contributed by atoms with van der Waals surface area (Å²) in [7, 11) is 0. The summed E-state index contributed by atoms with van der Waals surface area (Å²) in [6.07, 6.45) is 8.05. The van der Waals surface area contributed by atoms with Crippen molar-refractivity contribution in [1.29, 1.82) is 0 Å². The number of anilines is 1. The number of pyridine rings is 1. The molecule has 4 rings (SSSR count). The Hall–Kier alpha value is -1.66. The predicted molar refractivity (Wildman–Crippen MR) is 112 cm³/mol. The largest absolute Gasteiger partial charge is 0.354 e. The molecule has 146 valence electrons. The highest BCUT2D eigenvalue weighted by Gasteiger charge is 2.24. The van der Waals surface area contributed by atoms with E-state index in [-0.39, 0.29) is 5.91 Å². The molecule has 1 aliphatic carbocycles. The van der Waals surface area contributed by atoms with E-state index < -0.39 is 0 Å². The lowest BCUT2D eigenvalue weighted by molar-refractivity contribution is -0.119. The van der Waals surface area contributed by atoms with Crippen LogP contribution in [0.1, 0.15) is 39.0 Å². The van der Waals surface area contributed by atoms with E-state index in [1.807, 2.05) is 6.20 Å². The Kier molecular flexibility index (Phi) is 5.93. The van der Waals surface area contributed by atoms with Gasteiger partial charge in [0.1, 0.15) is 5.82 Å². The highest BCUT2D eigenvalue weighted by molar-refractivity contribution is 7.17. The molecule has 0 aromatic carbocycles. The average molecular weight is 387 g/mol. The van der Waals surface area contributed by atoms with Gasteiger partial charge in [0, 0.05) is 45.3 Å². The maximum atomic E-state index is 11.2. The first kappa shape index (κ1) is 18.7. The molecule has 2 aliphatic rings. The molecular weight excluding hydrogens is 356 g/mol. The van der Waals surface area contributed by atoms with Crippen LogP contribution in [-0.4, -0.2) is 54.6 Å². The summed E-state index contributed by atoms with van der Waals surface area (Å²) in [5.41, 5.74) is 0. The number of hydrogen-bond acceptors (Lipinski definition) is 5. The number of carbonyl (C=O) groups excluding carboxylic acids is 1. The van der Waals surface area contributed by atoms with E-state index in [1.165, 1.54) is 41.7 Å². The van der Waals surface area contributed by atoms with Crippen molar-refractivity contribution in [2.75, 3.05) is 37.6 Å². The van der Waals surface area contributed by atoms with Crippen LogP contribution in [0.4, 0.5) is 5.82 Å². The van der Waals surface area contributed by atoms with Crippen molar-refractivity contribution in [3.05, 3.63) is 23.7 Å². The summed E-state index contributed by atoms with van der Waals surface area (Å²) in [6.45, 7) is 7.23. The van der Waals surface area contributed by atoms with Gasteiger partial charge in [-0.2, -0.15) is 0 Å². The lowest BCUT2D eigenvalue weighted by atomic mass is 9.84. The number of rotatable bonds is 5. The number of thiophene rings is 1. The molecule has 1 amide bonds. The van der Waals surface area contributed by atoms with Gasteiger partial charge in [-0.3, -0.25) is 9.69 Å². The molecule has 2 aromatic rings. The topological polar surface area (TPSA) is 48.5 Å². The van der Waals surface area contributed by atoms with Crippen LogP contribution in [0.3, 0.4) is 0 Å². The molecule has 2 aromatic heterocycles. The predicted octanol–water partition coefficient (Wildman–Crippen LogP) is 3.50. The Balaban J connectivity index is 1.21. The fourth-order valence-corrected chi connectivity index (χ4v) is 5.45. The van der Waals surface area contributed by atoms with Crippen molar-refractivity contribution < 1.29 is 4.79 Å². The maximum absolute atomic E-state index is 11.2. The zero-order valence-electron chi connectivity index (χ0n) is 16.2. The quantitative estimate of drug-likeness (QED) is 0.854. The lowest BCUT2D eigenvalue weighted by Crippen LogP contribution is -2.47. The van der Waals surface area contributed by atoms with Gasteiger partial charge in [-0.15, -0.1) is 11.3 Å². The minimum absolute atomic E-state index is 0.115. The van der Waals surface area contributed by atoms with Crippen molar-refractivity contribution in [2.24, 2.45) is 5.92 Å². The van der Waals surface area contributed by atoms with Crippen LogP contribution in [0.25, 0.3) is 10.1 Å². The van der Waals surface area contributed by atoms with Crippen LogP contribution in [0.5, 0.6) is 0 Å². The van der Waals surface area contributed by atoms with Gasteiger partial charge in [-0.05, 0) is 67.5 Å². The zero-order chi connectivity index (χ0) is 18.6. The van der Waals surface area contributed by atoms with Gasteiger partial charge in [0.05, 0.1) is 4.70 Å². The molecule has 0 spiro atoms. The van der Waals surface area contributed by atoms with E-state index in [4.69, 9.17) is 0 Å². The number of hydrogen-bond donors (Lipinski definition) is 1. The summed E-state index contributed by atoms with van der Waals surface area (Å²) in [5.74, 6) is 2.11. The van der Waals surface area contributed by atoms with Gasteiger partial charge >= 0.3 is 0 Å². The Bertz CT molecular complexity index is 760. The highest BCUT2D eigenvalue weighted by atomic mass is 32.1. The first-order valence-electron chi connectivity index (χ1n) is 10.3. The van der Waals surface area contributed by atoms with Crippen molar-refractivity contribution >= 4 is 33.1 Å². The van der Waals surface area contributed by atoms with Crippen LogP contribution in [0, 0.1) is 5.92 Å². The van der Waals surface area contributed by atoms with E-state index in [2.05, 4.69) is 37.6 Å². The number of nitrogens with one attached hydrogen (secondary N) is 1. The second-order valence-electron chi connectivity index (χ2n) is 8.01. The van der Waals surface area contributed by atoms with Crippen LogP contribution in [-0.2, 0) is 4.79 Å². The van der Waals surface area contributed by atoms with E-state index in [1.54, 1.807) is 18.3 Å². The van der Waals surface area contributed by atoms with Crippen LogP contribution in [0.2, 0.25) is 0 Å². The molecule has 5 nitrogen and oxygen atoms in total. The maximum Gasteiger partial charge on any atom is 0.217 e. The highest BCUT2D eigenvalue weighted by Crippen LogP contribution is 2.30. The van der Waals surface area contributed by atoms with Gasteiger partial charge in [0.2, 0.25) is 5.91 Å². The molecule has 1 saturated heterocycles. The Labute approximate surface area is 165 Å². The second-order valence-corrected chi connectivity index (χ2v) is 8.93. The number of nitrogens with zero attached hydrogens (tertiary/aromatic N) is 3. The van der Waals surface area contributed by atoms with Crippen molar-refractivity contribution in [3.63, 3.8) is 0 Å². The third-order valence-corrected chi connectivity index (χ3v) is 7.06. The average Bonchev–Trinajstić information content (AvgIpc) is 3.16. The van der Waals surface area contributed by atoms with E-state index in [0.717, 1.165) is 44.9 Å². The smallest absolute Gasteiger partial charge is 0.217 e. The molecule has 6 heteroatoms. The summed E-state index contributed by atoms with van der Waals surface area (Å²) in [5, 5.41) is 6.55. The van der Waals surface area contributed by atoms with Gasteiger partial charge in [0.15, 0.2) is 0 Å². The molecule has 0 unspecified atom stereocenters. The molecule has 27 heavy (non-hydrogen) atoms. The van der Waals surface area contributed by atoms with Gasteiger partial charge < -0.3 is 10.2 Å². The first-order valence-corrected chi connectivity index (χ1v) is 11.1. The fraction of sp³-hybridized carbons (Fsp3) is 0.619. The molecule has 1 N–H and O–H groups in total. The normalized spacial score (nSPS) is 24.3. The molecule has 3 heterocycles. The minimum Gasteiger partial charge on any atom is -0.354 e. The summed E-state index contributed by atoms with van der Waals surface area (Å²) in [6, 6.07) is 4.70. The molecule has 1 saturated carbocycles. The van der Waals surface area contributed by atoms with Crippen LogP contribution < -0.4 is 10.2 Å². The van der Waals surface area contributed by atoms with Crippen molar-refractivity contribution in [2.45, 2.75) is 45.1 Å². The molecule has 0 radical (unpaired) electrons. The molecule has 0 atom stereocenters. The van der Waals surface area contributed by atoms with Crippen molar-refractivity contribution in [1.82, 2.24) is 15.2 Å². The standard InChI is InChI=1S/C21H30N4OS/c1-16(26)23-19-4-2-17(3-5-19)7-10-24-11-13-25(14-12-24)21-20-18(6-9-22-21)8-15-27-20/h6,8-9,15,17,19H,2-5,7,10-14H2,1H3,(H,23,26). The van der Waals surface area contributed by atoms with Gasteiger partial charge in [-0.25, -0.2) is 4.98 Å². The SMILES string of the molecule is CC(=O)NC1CCC(CCN2CCN(c3nccc4ccsc34)CC2)CC1. The Morgan fingerprint density at radius 1 is 1.19 bits per heavy atom. The third kappa shape index (κ3) is 4.61. The Morgan fingerprint density at radius 3 is 2.70 bits per heavy atom. The number of piperazine rings is 1. The summed E-state index contributed by atoms with van der Waals surface area (Å²) < 4.78 is 1.32. The molecular formula is C21H30N4OS. The van der Waals surface area contributed by atoms with Gasteiger partial charge in [0.25, 0.3) is 0 Å². The second kappa shape index (κ2) is 8.57. The van der Waals surface area contributed by atoms with Crippen LogP contribution >= 0.6 is 11.3 Å². The molecule has 2 fully saturated rings. The number of amides is 1. The van der Waals surface area contributed by atoms with E-state index in [9.17, 15) is 4.79 Å². The van der Waals surface area contributed by atoms with E-state index in [0.29, 0.717) is 6.04 Å². The van der Waals surface area contributed by atoms with Crippen LogP contribution in [0.15, 0.2) is 23.7 Å². The number of fused-ring (bicyclic) bond motifs is 1. The third-order valence-electron chi connectivity index (χ3n) is 6.13. The lowest BCUT2D eigenvalue weighted by Gasteiger charge is -2.37. The van der Waals surface area contributed by atoms with E-state index >= 15 is 0 Å². The summed E-state index contributed by atoms with van der Waals surface area (Å²) in [4.78, 5) is 20.9. The first-order chi connectivity index (χ1) is 13.2. The number of aromatic nitrogens is 1. The van der Waals surface area contributed by atoms with Crippen molar-refractivity contribution in [3.8, 4) is 0 Å². The fourth-order valence-electron chi connectivity index (χ4n) is 4.54. The molecule has 0 bridgehead atoms. The zero-order valence-corrected chi connectivity index (χ0v) is 17.0. The summed E-state index contributed by atoms with van der Waals surface area (Å²) >= 11 is 1.80. The molecule has 1 aliphatic heterocycles. The minimum atomic E-state index is 0.115. The van der Waals surface area contributed by atoms with Gasteiger partial charge in [-0.1, -0.05) is 0 Å².